The Labute approximate surface area is 210 Å². The average Bonchev–Trinajstić information content (AvgIpc) is 2.92. The van der Waals surface area contributed by atoms with Crippen molar-refractivity contribution in [3.8, 4) is 33.8 Å². The molecule has 0 fully saturated rings. The van der Waals surface area contributed by atoms with Gasteiger partial charge < -0.3 is 9.47 Å². The molecule has 1 unspecified atom stereocenters. The topological polar surface area (TPSA) is 18.5 Å². The van der Waals surface area contributed by atoms with Crippen molar-refractivity contribution >= 4 is 28.5 Å². The van der Waals surface area contributed by atoms with Crippen LogP contribution in [0.2, 0.25) is 0 Å². The van der Waals surface area contributed by atoms with Gasteiger partial charge in [0.25, 0.3) is 0 Å². The Hall–Kier alpha value is -3.65. The van der Waals surface area contributed by atoms with Crippen LogP contribution >= 0.6 is 6.04 Å². The molecule has 0 N–H and O–H groups in total. The highest BCUT2D eigenvalue weighted by Gasteiger charge is 2.45. The van der Waals surface area contributed by atoms with E-state index >= 15 is 0 Å². The molecule has 2 aliphatic heterocycles. The summed E-state index contributed by atoms with van der Waals surface area (Å²) in [6, 6.07) is 30.7. The van der Waals surface area contributed by atoms with Gasteiger partial charge in [-0.15, -0.1) is 0 Å². The minimum atomic E-state index is -2.51. The lowest BCUT2D eigenvalue weighted by Gasteiger charge is -2.39. The third-order valence-corrected chi connectivity index (χ3v) is 11.3. The highest BCUT2D eigenvalue weighted by Crippen LogP contribution is 2.65. The van der Waals surface area contributed by atoms with Crippen LogP contribution in [0.25, 0.3) is 22.3 Å². The smallest absolute Gasteiger partial charge is 0.144 e. The van der Waals surface area contributed by atoms with Crippen molar-refractivity contribution in [2.24, 2.45) is 0 Å². The molecule has 0 saturated heterocycles. The summed E-state index contributed by atoms with van der Waals surface area (Å²) < 4.78 is 13.2. The second kappa shape index (κ2) is 8.53. The predicted molar refractivity (Wildman–Crippen MR) is 150 cm³/mol. The Bertz CT molecular complexity index is 1580. The Kier molecular flexibility index (Phi) is 5.33. The maximum absolute atomic E-state index is 6.75. The first-order chi connectivity index (χ1) is 17.2. The first-order valence-electron chi connectivity index (χ1n) is 11.5. The monoisotopic (exact) mass is 490 g/mol. The molecular formula is C31H23O2PS. The summed E-state index contributed by atoms with van der Waals surface area (Å²) in [5.41, 5.74) is 4.26. The van der Waals surface area contributed by atoms with Gasteiger partial charge in [-0.25, -0.2) is 0 Å². The number of hydrogen-bond acceptors (Lipinski definition) is 3. The Morgan fingerprint density at radius 2 is 1.20 bits per heavy atom. The summed E-state index contributed by atoms with van der Waals surface area (Å²) in [5, 5.41) is 3.02. The van der Waals surface area contributed by atoms with Crippen LogP contribution in [0, 0.1) is 0 Å². The van der Waals surface area contributed by atoms with Crippen LogP contribution < -0.4 is 20.1 Å². The maximum atomic E-state index is 6.75. The summed E-state index contributed by atoms with van der Waals surface area (Å²) >= 11 is 6.75. The van der Waals surface area contributed by atoms with Gasteiger partial charge in [0, 0.05) is 21.7 Å². The van der Waals surface area contributed by atoms with Crippen LogP contribution in [0.1, 0.15) is 6.92 Å². The van der Waals surface area contributed by atoms with Crippen molar-refractivity contribution in [2.75, 3.05) is 0 Å². The van der Waals surface area contributed by atoms with Crippen LogP contribution in [-0.4, -0.2) is 0 Å². The largest absolute Gasteiger partial charge is 0.455 e. The van der Waals surface area contributed by atoms with Gasteiger partial charge in [-0.1, -0.05) is 103 Å². The molecule has 6 rings (SSSR count). The van der Waals surface area contributed by atoms with Crippen LogP contribution in [0.3, 0.4) is 0 Å². The van der Waals surface area contributed by atoms with Gasteiger partial charge in [0.2, 0.25) is 0 Å². The predicted octanol–water partition coefficient (Wildman–Crippen LogP) is 7.54. The normalized spacial score (nSPS) is 19.2. The van der Waals surface area contributed by atoms with Crippen molar-refractivity contribution in [1.82, 2.24) is 0 Å². The lowest BCUT2D eigenvalue weighted by molar-refractivity contribution is 0.414. The van der Waals surface area contributed by atoms with E-state index in [0.717, 1.165) is 55.4 Å². The second-order valence-electron chi connectivity index (χ2n) is 8.42. The van der Waals surface area contributed by atoms with E-state index in [1.54, 1.807) is 6.08 Å². The van der Waals surface area contributed by atoms with E-state index in [1.807, 2.05) is 49.4 Å². The molecule has 4 heteroatoms. The van der Waals surface area contributed by atoms with Gasteiger partial charge in [0.1, 0.15) is 23.0 Å². The van der Waals surface area contributed by atoms with Gasteiger partial charge in [0.15, 0.2) is 0 Å². The minimum Gasteiger partial charge on any atom is -0.455 e. The molecule has 35 heavy (non-hydrogen) atoms. The summed E-state index contributed by atoms with van der Waals surface area (Å²) in [6.45, 7) is 6.06. The van der Waals surface area contributed by atoms with E-state index in [1.165, 1.54) is 0 Å². The second-order valence-corrected chi connectivity index (χ2v) is 12.7. The molecule has 0 bridgehead atoms. The van der Waals surface area contributed by atoms with Crippen molar-refractivity contribution < 1.29 is 9.47 Å². The summed E-state index contributed by atoms with van der Waals surface area (Å²) in [5.74, 6) is 3.07. The van der Waals surface area contributed by atoms with Crippen LogP contribution in [0.5, 0.6) is 11.5 Å². The zero-order valence-corrected chi connectivity index (χ0v) is 21.0. The third-order valence-electron chi connectivity index (χ3n) is 6.49. The van der Waals surface area contributed by atoms with E-state index in [-0.39, 0.29) is 0 Å². The molecule has 0 aromatic heterocycles. The summed E-state index contributed by atoms with van der Waals surface area (Å²) in [7, 11) is 0. The summed E-state index contributed by atoms with van der Waals surface area (Å²) in [4.78, 5) is 0. The fraction of sp³-hybridized carbons (Fsp3) is 0.0323. The van der Waals surface area contributed by atoms with E-state index in [2.05, 4.69) is 67.2 Å². The number of fused-ring (bicyclic) bond motifs is 5. The standard InChI is InChI=1S/C31H23O2PS/c1-3-25-31-26(4-2)33-30-24(22-15-9-6-10-16-22)18-12-20-28(30)34(31,35)27-19-11-17-23(29(27)32-25)21-13-7-5-8-14-21/h3-20H,1H2,2H3/b26-4+. The molecule has 0 amide bonds. The molecule has 2 heterocycles. The molecule has 170 valence electrons. The first-order valence-corrected chi connectivity index (χ1v) is 14.3. The van der Waals surface area contributed by atoms with Gasteiger partial charge in [-0.05, 0) is 42.3 Å². The quantitative estimate of drug-likeness (QED) is 0.277. The maximum Gasteiger partial charge on any atom is 0.144 e. The number of ether oxygens (including phenoxy) is 2. The fourth-order valence-corrected chi connectivity index (χ4v) is 9.48. The molecule has 2 nitrogen and oxygen atoms in total. The molecule has 0 aliphatic carbocycles. The number of rotatable bonds is 3. The van der Waals surface area contributed by atoms with E-state index in [0.29, 0.717) is 5.76 Å². The Balaban J connectivity index is 1.70. The molecule has 0 radical (unpaired) electrons. The van der Waals surface area contributed by atoms with Crippen molar-refractivity contribution in [3.63, 3.8) is 0 Å². The van der Waals surface area contributed by atoms with Crippen LogP contribution in [0.15, 0.2) is 133 Å². The van der Waals surface area contributed by atoms with Gasteiger partial charge in [-0.2, -0.15) is 0 Å². The number of para-hydroxylation sites is 2. The van der Waals surface area contributed by atoms with Crippen molar-refractivity contribution in [3.05, 3.63) is 133 Å². The average molecular weight is 491 g/mol. The number of hydrogen-bond donors (Lipinski definition) is 0. The molecule has 1 atom stereocenters. The molecular weight excluding hydrogens is 467 g/mol. The first kappa shape index (κ1) is 21.9. The minimum absolute atomic E-state index is 0.674. The molecule has 4 aromatic carbocycles. The van der Waals surface area contributed by atoms with E-state index < -0.39 is 6.04 Å². The highest BCUT2D eigenvalue weighted by atomic mass is 32.4. The third kappa shape index (κ3) is 3.27. The Morgan fingerprint density at radius 3 is 1.69 bits per heavy atom. The van der Waals surface area contributed by atoms with Gasteiger partial charge >= 0.3 is 0 Å². The molecule has 0 spiro atoms. The van der Waals surface area contributed by atoms with E-state index in [9.17, 15) is 0 Å². The fourth-order valence-electron chi connectivity index (χ4n) is 4.90. The SMILES string of the molecule is C=CC1=C2/C(=C\C)Oc3c(-c4ccccc4)cccc3P2(=S)c2cccc(-c3ccccc3)c2O1. The van der Waals surface area contributed by atoms with Crippen molar-refractivity contribution in [2.45, 2.75) is 6.92 Å². The lowest BCUT2D eigenvalue weighted by atomic mass is 10.0. The lowest BCUT2D eigenvalue weighted by Crippen LogP contribution is -2.31. The zero-order chi connectivity index (χ0) is 24.0. The number of allylic oxidation sites excluding steroid dienone is 3. The molecule has 2 aliphatic rings. The van der Waals surface area contributed by atoms with Crippen molar-refractivity contribution in [1.29, 1.82) is 0 Å². The van der Waals surface area contributed by atoms with Gasteiger partial charge in [0.05, 0.1) is 11.4 Å². The van der Waals surface area contributed by atoms with E-state index in [4.69, 9.17) is 21.3 Å². The zero-order valence-electron chi connectivity index (χ0n) is 19.3. The molecule has 4 aromatic rings. The molecule has 0 saturated carbocycles. The van der Waals surface area contributed by atoms with Gasteiger partial charge in [-0.3, -0.25) is 0 Å². The van der Waals surface area contributed by atoms with Crippen LogP contribution in [-0.2, 0) is 11.8 Å². The number of benzene rings is 4. The highest BCUT2D eigenvalue weighted by molar-refractivity contribution is 8.24. The Morgan fingerprint density at radius 1 is 0.686 bits per heavy atom. The van der Waals surface area contributed by atoms with Crippen LogP contribution in [0.4, 0.5) is 0 Å². The summed E-state index contributed by atoms with van der Waals surface area (Å²) in [6.07, 6.45) is 3.75.